The lowest BCUT2D eigenvalue weighted by molar-refractivity contribution is -0.858. The van der Waals surface area contributed by atoms with E-state index >= 15 is 0 Å². The molecule has 6 saturated heterocycles. The number of nitrogens with zero attached hydrogens (tertiary/aromatic N) is 3. The standard InChI is InChI=1S/C8H18N2O.C8H16N2.C6H14N2.C5H12N2.C5H11NO2S.C5H11NS/c1-9-3-5-10(6-4-9)7-8-11-2;1-9-4-6-10(7-5-9)8-2-3-8;1-7-3-5-8(2)6-4-7;1-7-4-2-6-3-5-7;1-6-2-4-9(7,8)5-3-6;1-6-2-4-7-5-3-6/h9H,1,3-8H2,2H3;8-9H,1-7H2;7H,1,3-6H2,2H3;6-7H,1-5H2;6H,1-5H2;6H,1-5H2. The Balaban J connectivity index is 0.000000218. The third kappa shape index (κ3) is 25.1. The van der Waals surface area contributed by atoms with Gasteiger partial charge in [-0.3, -0.25) is 14.7 Å². The van der Waals surface area contributed by atoms with Crippen molar-refractivity contribution in [1.29, 1.82) is 0 Å². The van der Waals surface area contributed by atoms with Gasteiger partial charge in [-0.25, -0.2) is 8.42 Å². The fourth-order valence-electron chi connectivity index (χ4n) is 6.16. The van der Waals surface area contributed by atoms with Gasteiger partial charge in [0.2, 0.25) is 0 Å². The van der Waals surface area contributed by atoms with Crippen LogP contribution in [0.25, 0.3) is 0 Å². The summed E-state index contributed by atoms with van der Waals surface area (Å²) in [4.78, 5) is 15.6. The number of hydrogen-bond acceptors (Lipinski definition) is 8. The largest absolute Gasteiger partial charge is 0.466 e. The first kappa shape index (κ1) is 48.0. The first-order chi connectivity index (χ1) is 24.9. The molecule has 0 aromatic heterocycles. The lowest BCUT2D eigenvalue weighted by Gasteiger charge is -2.33. The number of methoxy groups -OCH3 is 1. The van der Waals surface area contributed by atoms with Gasteiger partial charge in [0.1, 0.15) is 0 Å². The van der Waals surface area contributed by atoms with E-state index in [0.717, 1.165) is 37.2 Å². The summed E-state index contributed by atoms with van der Waals surface area (Å²) in [7, 11) is 24.6. The molecule has 1 saturated carbocycles. The van der Waals surface area contributed by atoms with Gasteiger partial charge in [0, 0.05) is 83.6 Å². The molecule has 0 bridgehead atoms. The molecule has 13 nitrogen and oxygen atoms in total. The van der Waals surface area contributed by atoms with Crippen molar-refractivity contribution in [2.24, 2.45) is 0 Å². The number of quaternary nitrogens is 6. The lowest BCUT2D eigenvalue weighted by Crippen LogP contribution is -3.10. The number of ether oxygens (including phenoxy) is 1. The second kappa shape index (κ2) is 28.3. The highest BCUT2D eigenvalue weighted by Gasteiger charge is 2.30. The Kier molecular flexibility index (Phi) is 26.1. The quantitative estimate of drug-likeness (QED) is 0.142. The molecule has 0 aromatic carbocycles. The Bertz CT molecular complexity index is 905. The van der Waals surface area contributed by atoms with Crippen LogP contribution < -0.4 is 34.7 Å². The van der Waals surface area contributed by atoms with Gasteiger partial charge in [0.05, 0.1) is 96.6 Å². The normalized spacial score (nSPS) is 26.4. The van der Waals surface area contributed by atoms with Crippen LogP contribution in [0.1, 0.15) is 12.8 Å². The minimum Gasteiger partial charge on any atom is -0.466 e. The third-order valence-corrected chi connectivity index (χ3v) is 13.1. The number of piperazine rings is 4. The van der Waals surface area contributed by atoms with Gasteiger partial charge in [-0.05, 0) is 19.9 Å². The minimum absolute atomic E-state index is 0.311. The zero-order valence-electron chi connectivity index (χ0n) is 33.5. The Morgan fingerprint density at radius 1 is 0.635 bits per heavy atom. The zero-order valence-corrected chi connectivity index (χ0v) is 35.1. The van der Waals surface area contributed by atoms with Crippen LogP contribution in [0.4, 0.5) is 0 Å². The topological polar surface area (TPSA) is 91.8 Å². The van der Waals surface area contributed by atoms with E-state index in [9.17, 15) is 8.42 Å². The molecule has 0 unspecified atom stereocenters. The van der Waals surface area contributed by atoms with Crippen molar-refractivity contribution in [3.05, 3.63) is 42.3 Å². The lowest BCUT2D eigenvalue weighted by atomic mass is 10.3. The summed E-state index contributed by atoms with van der Waals surface area (Å²) >= 11 is 2.04. The molecule has 0 aromatic rings. The van der Waals surface area contributed by atoms with Crippen LogP contribution in [0, 0.1) is 42.3 Å². The molecule has 7 N–H and O–H groups in total. The van der Waals surface area contributed by atoms with Crippen LogP contribution in [0.3, 0.4) is 0 Å². The van der Waals surface area contributed by atoms with E-state index in [1.807, 2.05) is 11.8 Å². The molecule has 7 aliphatic rings. The van der Waals surface area contributed by atoms with E-state index < -0.39 is 9.84 Å². The summed E-state index contributed by atoms with van der Waals surface area (Å²) in [5.41, 5.74) is 0. The zero-order chi connectivity index (χ0) is 38.2. The van der Waals surface area contributed by atoms with Crippen molar-refractivity contribution in [2.75, 3.05) is 181 Å². The Morgan fingerprint density at radius 3 is 1.42 bits per heavy atom. The number of rotatable bonds is 4. The van der Waals surface area contributed by atoms with Crippen LogP contribution in [0.15, 0.2) is 0 Å². The van der Waals surface area contributed by atoms with Crippen LogP contribution >= 0.6 is 11.8 Å². The van der Waals surface area contributed by atoms with Crippen LogP contribution in [0.2, 0.25) is 0 Å². The van der Waals surface area contributed by atoms with Crippen molar-refractivity contribution in [3.63, 3.8) is 0 Å². The van der Waals surface area contributed by atoms with Gasteiger partial charge < -0.3 is 39.5 Å². The minimum atomic E-state index is -2.68. The first-order valence-corrected chi connectivity index (χ1v) is 23.0. The second-order valence-corrected chi connectivity index (χ2v) is 18.9. The van der Waals surface area contributed by atoms with Crippen LogP contribution in [-0.4, -0.2) is 210 Å². The summed E-state index contributed by atoms with van der Waals surface area (Å²) in [5, 5.41) is 3.25. The van der Waals surface area contributed by atoms with Gasteiger partial charge >= 0.3 is 0 Å². The molecule has 6 aliphatic heterocycles. The summed E-state index contributed by atoms with van der Waals surface area (Å²) < 4.78 is 26.5. The predicted octanol–water partition coefficient (Wildman–Crippen LogP) is -7.86. The molecule has 0 spiro atoms. The average Bonchev–Trinajstić information content (AvgIpc) is 3.99. The fourth-order valence-corrected chi connectivity index (χ4v) is 8.63. The van der Waals surface area contributed by atoms with Crippen molar-refractivity contribution in [2.45, 2.75) is 18.9 Å². The SMILES string of the molecule is [CH2-][NH+]1CCN(C)CC1.[CH2-][NH+]1CCN(C2CC2)CC1.[CH2-][NH+]1CCN(CCOC)CC1.[CH2-][NH+]1CCNCC1.[CH2-][NH+]1CCS(=O)(=O)CC1.[CH2-][NH+]1CCSCC1. The number of thioether (sulfide) groups is 1. The van der Waals surface area contributed by atoms with Crippen molar-refractivity contribution >= 4 is 21.6 Å². The maximum atomic E-state index is 10.8. The van der Waals surface area contributed by atoms with E-state index in [1.54, 1.807) is 7.11 Å². The van der Waals surface area contributed by atoms with Crippen molar-refractivity contribution in [3.8, 4) is 0 Å². The van der Waals surface area contributed by atoms with Gasteiger partial charge in [0.25, 0.3) is 0 Å². The number of likely N-dealkylation sites (N-methyl/N-ethyl adjacent to an activating group) is 1. The average molecular weight is 779 g/mol. The maximum Gasteiger partial charge on any atom is 0.161 e. The number of sulfone groups is 1. The Labute approximate surface area is 325 Å². The molecular weight excluding hydrogens is 697 g/mol. The molecule has 52 heavy (non-hydrogen) atoms. The fraction of sp³-hybridized carbons (Fsp3) is 0.838. The van der Waals surface area contributed by atoms with E-state index in [2.05, 4.69) is 69.4 Å². The number of hydrogen-bond donors (Lipinski definition) is 7. The van der Waals surface area contributed by atoms with Crippen molar-refractivity contribution in [1.82, 2.24) is 20.0 Å². The van der Waals surface area contributed by atoms with Crippen molar-refractivity contribution < 1.29 is 42.6 Å². The molecule has 6 heterocycles. The summed E-state index contributed by atoms with van der Waals surface area (Å²) in [5.74, 6) is 3.23. The highest BCUT2D eigenvalue weighted by atomic mass is 32.2. The summed E-state index contributed by atoms with van der Waals surface area (Å²) in [6.07, 6.45) is 2.90. The molecule has 0 atom stereocenters. The van der Waals surface area contributed by atoms with E-state index in [-0.39, 0.29) is 0 Å². The third-order valence-electron chi connectivity index (χ3n) is 10.5. The predicted molar refractivity (Wildman–Crippen MR) is 216 cm³/mol. The first-order valence-electron chi connectivity index (χ1n) is 20.0. The molecular formula is C37H82N10O3S2. The molecule has 15 heteroatoms. The molecule has 1 aliphatic carbocycles. The molecule has 310 valence electrons. The smallest absolute Gasteiger partial charge is 0.161 e. The Hall–Kier alpha value is -0.140. The van der Waals surface area contributed by atoms with E-state index in [4.69, 9.17) is 4.74 Å². The molecule has 7 rings (SSSR count). The van der Waals surface area contributed by atoms with Gasteiger partial charge in [0.15, 0.2) is 9.84 Å². The summed E-state index contributed by atoms with van der Waals surface area (Å²) in [6, 6.07) is 0.966. The molecule has 7 fully saturated rings. The van der Waals surface area contributed by atoms with E-state index in [0.29, 0.717) is 24.6 Å². The Morgan fingerprint density at radius 2 is 1.06 bits per heavy atom. The molecule has 0 amide bonds. The number of nitrogens with one attached hydrogen (secondary N) is 7. The van der Waals surface area contributed by atoms with Crippen LogP contribution in [0.5, 0.6) is 0 Å². The van der Waals surface area contributed by atoms with Gasteiger partial charge in [-0.15, -0.1) is 0 Å². The highest BCUT2D eigenvalue weighted by molar-refractivity contribution is 7.99. The highest BCUT2D eigenvalue weighted by Crippen LogP contribution is 2.26. The van der Waals surface area contributed by atoms with E-state index in [1.165, 1.54) is 154 Å². The van der Waals surface area contributed by atoms with Crippen LogP contribution in [-0.2, 0) is 14.6 Å². The monoisotopic (exact) mass is 779 g/mol. The van der Waals surface area contributed by atoms with Gasteiger partial charge in [-0.1, -0.05) is 0 Å². The molecule has 0 radical (unpaired) electrons. The maximum absolute atomic E-state index is 10.8. The summed E-state index contributed by atoms with van der Waals surface area (Å²) in [6.45, 7) is 25.0. The van der Waals surface area contributed by atoms with Gasteiger partial charge in [-0.2, -0.15) is 54.0 Å². The second-order valence-electron chi connectivity index (χ2n) is 15.4.